The number of hydrogen-bond acceptors (Lipinski definition) is 3. The molecule has 0 aromatic carbocycles. The van der Waals surface area contributed by atoms with Gasteiger partial charge in [0.15, 0.2) is 0 Å². The molecule has 4 heteroatoms. The van der Waals surface area contributed by atoms with Crippen LogP contribution in [0.5, 0.6) is 0 Å². The van der Waals surface area contributed by atoms with E-state index in [1.54, 1.807) is 6.20 Å². The first kappa shape index (κ1) is 11.0. The molecule has 0 radical (unpaired) electrons. The van der Waals surface area contributed by atoms with Crippen LogP contribution in [0.15, 0.2) is 6.20 Å². The molecule has 1 heterocycles. The maximum Gasteiger partial charge on any atom is 0.125 e. The fraction of sp³-hybridized carbons (Fsp3) is 0.700. The van der Waals surface area contributed by atoms with Crippen molar-refractivity contribution in [3.63, 3.8) is 0 Å². The predicted octanol–water partition coefficient (Wildman–Crippen LogP) is 1.36. The Hall–Kier alpha value is -1.03. The van der Waals surface area contributed by atoms with Crippen molar-refractivity contribution in [2.45, 2.75) is 39.2 Å². The van der Waals surface area contributed by atoms with E-state index in [0.29, 0.717) is 6.04 Å². The van der Waals surface area contributed by atoms with Crippen LogP contribution in [0.2, 0.25) is 0 Å². The highest BCUT2D eigenvalue weighted by Gasteiger charge is 2.10. The van der Waals surface area contributed by atoms with Crippen molar-refractivity contribution in [2.75, 3.05) is 12.3 Å². The number of aromatic nitrogens is 2. The van der Waals surface area contributed by atoms with E-state index < -0.39 is 0 Å². The first-order valence-electron chi connectivity index (χ1n) is 5.13. The summed E-state index contributed by atoms with van der Waals surface area (Å²) in [6, 6.07) is 0.345. The third-order valence-electron chi connectivity index (χ3n) is 2.53. The summed E-state index contributed by atoms with van der Waals surface area (Å²) in [4.78, 5) is 0. The van der Waals surface area contributed by atoms with E-state index in [1.807, 2.05) is 4.68 Å². The van der Waals surface area contributed by atoms with Crippen LogP contribution < -0.4 is 5.73 Å². The van der Waals surface area contributed by atoms with Crippen LogP contribution >= 0.6 is 0 Å². The number of hydrogen-bond donors (Lipinski definition) is 2. The Bertz CT molecular complexity index is 283. The van der Waals surface area contributed by atoms with Crippen molar-refractivity contribution in [3.05, 3.63) is 11.8 Å². The van der Waals surface area contributed by atoms with Gasteiger partial charge in [0, 0.05) is 12.2 Å². The van der Waals surface area contributed by atoms with Gasteiger partial charge in [0.2, 0.25) is 0 Å². The lowest BCUT2D eigenvalue weighted by atomic mass is 10.2. The maximum atomic E-state index is 8.71. The molecule has 0 aliphatic heterocycles. The van der Waals surface area contributed by atoms with Gasteiger partial charge in [0.25, 0.3) is 0 Å². The number of aliphatic hydroxyl groups excluding tert-OH is 1. The van der Waals surface area contributed by atoms with Crippen molar-refractivity contribution in [2.24, 2.45) is 0 Å². The predicted molar refractivity (Wildman–Crippen MR) is 57.0 cm³/mol. The van der Waals surface area contributed by atoms with Gasteiger partial charge in [-0.05, 0) is 26.2 Å². The Morgan fingerprint density at radius 2 is 2.36 bits per heavy atom. The van der Waals surface area contributed by atoms with Gasteiger partial charge < -0.3 is 10.8 Å². The molecular weight excluding hydrogens is 178 g/mol. The van der Waals surface area contributed by atoms with E-state index in [2.05, 4.69) is 18.9 Å². The standard InChI is InChI=1S/C10H19N3O/c1-3-8(2)13-10(11)9(7-12-13)5-4-6-14/h7-8,14H,3-6,11H2,1-2H3. The van der Waals surface area contributed by atoms with E-state index in [4.69, 9.17) is 10.8 Å². The minimum atomic E-state index is 0.202. The third-order valence-corrected chi connectivity index (χ3v) is 2.53. The van der Waals surface area contributed by atoms with Crippen molar-refractivity contribution < 1.29 is 5.11 Å². The van der Waals surface area contributed by atoms with Crippen molar-refractivity contribution in [1.82, 2.24) is 9.78 Å². The summed E-state index contributed by atoms with van der Waals surface area (Å²) in [5.41, 5.74) is 6.98. The van der Waals surface area contributed by atoms with E-state index in [9.17, 15) is 0 Å². The van der Waals surface area contributed by atoms with Gasteiger partial charge in [-0.25, -0.2) is 4.68 Å². The lowest BCUT2D eigenvalue weighted by Crippen LogP contribution is -2.09. The van der Waals surface area contributed by atoms with E-state index in [-0.39, 0.29) is 6.61 Å². The highest BCUT2D eigenvalue weighted by Crippen LogP contribution is 2.19. The second-order valence-corrected chi connectivity index (χ2v) is 3.58. The first-order valence-corrected chi connectivity index (χ1v) is 5.13. The highest BCUT2D eigenvalue weighted by atomic mass is 16.2. The van der Waals surface area contributed by atoms with Gasteiger partial charge in [-0.15, -0.1) is 0 Å². The molecule has 0 saturated heterocycles. The molecule has 1 unspecified atom stereocenters. The van der Waals surface area contributed by atoms with Crippen LogP contribution in [0.4, 0.5) is 5.82 Å². The Kier molecular flexibility index (Phi) is 3.95. The number of nitrogens with two attached hydrogens (primary N) is 1. The zero-order chi connectivity index (χ0) is 10.6. The number of nitrogens with zero attached hydrogens (tertiary/aromatic N) is 2. The average molecular weight is 197 g/mol. The zero-order valence-electron chi connectivity index (χ0n) is 8.90. The topological polar surface area (TPSA) is 64.1 Å². The van der Waals surface area contributed by atoms with Crippen LogP contribution in [0, 0.1) is 0 Å². The number of anilines is 1. The summed E-state index contributed by atoms with van der Waals surface area (Å²) in [5, 5.41) is 13.0. The molecule has 1 aromatic heterocycles. The molecule has 3 N–H and O–H groups in total. The smallest absolute Gasteiger partial charge is 0.125 e. The molecule has 1 rings (SSSR count). The summed E-state index contributed by atoms with van der Waals surface area (Å²) >= 11 is 0. The summed E-state index contributed by atoms with van der Waals surface area (Å²) < 4.78 is 1.85. The van der Waals surface area contributed by atoms with Gasteiger partial charge in [-0.3, -0.25) is 0 Å². The van der Waals surface area contributed by atoms with Crippen LogP contribution in [0.1, 0.15) is 38.3 Å². The van der Waals surface area contributed by atoms with Crippen LogP contribution in [0.3, 0.4) is 0 Å². The molecule has 0 spiro atoms. The number of aryl methyl sites for hydroxylation is 1. The normalized spacial score (nSPS) is 13.1. The molecule has 4 nitrogen and oxygen atoms in total. The molecule has 0 amide bonds. The molecular formula is C10H19N3O. The summed E-state index contributed by atoms with van der Waals surface area (Å²) in [5.74, 6) is 0.743. The van der Waals surface area contributed by atoms with Gasteiger partial charge in [0.05, 0.1) is 12.2 Å². The fourth-order valence-electron chi connectivity index (χ4n) is 1.39. The molecule has 0 bridgehead atoms. The monoisotopic (exact) mass is 197 g/mol. The Labute approximate surface area is 84.7 Å². The first-order chi connectivity index (χ1) is 6.70. The summed E-state index contributed by atoms with van der Waals surface area (Å²) in [6.45, 7) is 4.41. The van der Waals surface area contributed by atoms with Crippen LogP contribution in [0.25, 0.3) is 0 Å². The second-order valence-electron chi connectivity index (χ2n) is 3.58. The van der Waals surface area contributed by atoms with Crippen molar-refractivity contribution in [3.8, 4) is 0 Å². The van der Waals surface area contributed by atoms with Crippen LogP contribution in [-0.2, 0) is 6.42 Å². The lowest BCUT2D eigenvalue weighted by Gasteiger charge is -2.11. The Balaban J connectivity index is 2.74. The largest absolute Gasteiger partial charge is 0.396 e. The quantitative estimate of drug-likeness (QED) is 0.749. The zero-order valence-corrected chi connectivity index (χ0v) is 8.90. The minimum Gasteiger partial charge on any atom is -0.396 e. The van der Waals surface area contributed by atoms with Gasteiger partial charge in [0.1, 0.15) is 5.82 Å². The number of rotatable bonds is 5. The molecule has 0 aliphatic carbocycles. The van der Waals surface area contributed by atoms with E-state index in [0.717, 1.165) is 30.6 Å². The molecule has 0 fully saturated rings. The Morgan fingerprint density at radius 1 is 1.64 bits per heavy atom. The highest BCUT2D eigenvalue weighted by molar-refractivity contribution is 5.39. The van der Waals surface area contributed by atoms with Gasteiger partial charge in [-0.1, -0.05) is 6.92 Å². The molecule has 1 aromatic rings. The van der Waals surface area contributed by atoms with Gasteiger partial charge in [-0.2, -0.15) is 5.10 Å². The van der Waals surface area contributed by atoms with Gasteiger partial charge >= 0.3 is 0 Å². The van der Waals surface area contributed by atoms with Crippen molar-refractivity contribution in [1.29, 1.82) is 0 Å². The summed E-state index contributed by atoms with van der Waals surface area (Å²) in [6.07, 6.45) is 4.37. The third kappa shape index (κ3) is 2.26. The maximum absolute atomic E-state index is 8.71. The second kappa shape index (κ2) is 5.00. The average Bonchev–Trinajstić information content (AvgIpc) is 2.56. The number of aliphatic hydroxyl groups is 1. The van der Waals surface area contributed by atoms with E-state index in [1.165, 1.54) is 0 Å². The SMILES string of the molecule is CCC(C)n1ncc(CCCO)c1N. The van der Waals surface area contributed by atoms with E-state index >= 15 is 0 Å². The van der Waals surface area contributed by atoms with Crippen molar-refractivity contribution >= 4 is 5.82 Å². The fourth-order valence-corrected chi connectivity index (χ4v) is 1.39. The molecule has 0 aliphatic rings. The summed E-state index contributed by atoms with van der Waals surface area (Å²) in [7, 11) is 0. The molecule has 0 saturated carbocycles. The molecule has 1 atom stereocenters. The number of nitrogen functional groups attached to an aromatic ring is 1. The van der Waals surface area contributed by atoms with Crippen LogP contribution in [-0.4, -0.2) is 21.5 Å². The Morgan fingerprint density at radius 3 is 2.93 bits per heavy atom. The minimum absolute atomic E-state index is 0.202. The molecule has 14 heavy (non-hydrogen) atoms. The molecule has 80 valence electrons. The lowest BCUT2D eigenvalue weighted by molar-refractivity contribution is 0.288.